The van der Waals surface area contributed by atoms with Gasteiger partial charge in [-0.3, -0.25) is 4.79 Å². The lowest BCUT2D eigenvalue weighted by atomic mass is 9.99. The molecule has 6 nitrogen and oxygen atoms in total. The van der Waals surface area contributed by atoms with Crippen molar-refractivity contribution >= 4 is 5.91 Å². The van der Waals surface area contributed by atoms with E-state index in [1.807, 2.05) is 48.5 Å². The number of para-hydroxylation sites is 1. The van der Waals surface area contributed by atoms with E-state index in [9.17, 15) is 4.79 Å². The number of rotatable bonds is 7. The van der Waals surface area contributed by atoms with E-state index in [1.54, 1.807) is 31.0 Å². The third kappa shape index (κ3) is 4.80. The van der Waals surface area contributed by atoms with Gasteiger partial charge in [0.15, 0.2) is 6.61 Å². The predicted molar refractivity (Wildman–Crippen MR) is 117 cm³/mol. The van der Waals surface area contributed by atoms with Crippen LogP contribution in [-0.2, 0) is 13.2 Å². The predicted octanol–water partition coefficient (Wildman–Crippen LogP) is 4.90. The second-order valence-corrected chi connectivity index (χ2v) is 7.20. The summed E-state index contributed by atoms with van der Waals surface area (Å²) in [6, 6.07) is 25.5. The van der Waals surface area contributed by atoms with Gasteiger partial charge >= 0.3 is 0 Å². The van der Waals surface area contributed by atoms with Crippen LogP contribution >= 0.6 is 0 Å². The van der Waals surface area contributed by atoms with Crippen molar-refractivity contribution in [2.24, 2.45) is 0 Å². The zero-order valence-electron chi connectivity index (χ0n) is 17.5. The van der Waals surface area contributed by atoms with Gasteiger partial charge in [0.1, 0.15) is 5.75 Å². The van der Waals surface area contributed by atoms with Gasteiger partial charge in [0, 0.05) is 20.5 Å². The first-order chi connectivity index (χ1) is 15.1. The zero-order valence-corrected chi connectivity index (χ0v) is 17.5. The molecule has 1 heterocycles. The normalized spacial score (nSPS) is 10.6. The molecule has 0 aliphatic heterocycles. The Morgan fingerprint density at radius 1 is 0.968 bits per heavy atom. The highest BCUT2D eigenvalue weighted by Gasteiger charge is 2.18. The van der Waals surface area contributed by atoms with E-state index in [-0.39, 0.29) is 12.5 Å². The van der Waals surface area contributed by atoms with Crippen molar-refractivity contribution in [2.45, 2.75) is 20.1 Å². The van der Waals surface area contributed by atoms with Gasteiger partial charge < -0.3 is 14.2 Å². The maximum Gasteiger partial charge on any atom is 0.257 e. The zero-order chi connectivity index (χ0) is 21.6. The Balaban J connectivity index is 1.52. The van der Waals surface area contributed by atoms with Gasteiger partial charge in [-0.2, -0.15) is 4.98 Å². The average molecular weight is 413 g/mol. The maximum atomic E-state index is 13.2. The number of ether oxygens (including phenoxy) is 1. The Morgan fingerprint density at radius 3 is 2.45 bits per heavy atom. The summed E-state index contributed by atoms with van der Waals surface area (Å²) in [4.78, 5) is 19.1. The smallest absolute Gasteiger partial charge is 0.257 e. The van der Waals surface area contributed by atoms with E-state index in [2.05, 4.69) is 28.3 Å². The maximum absolute atomic E-state index is 13.2. The van der Waals surface area contributed by atoms with Crippen LogP contribution in [0.4, 0.5) is 0 Å². The summed E-state index contributed by atoms with van der Waals surface area (Å²) in [6.45, 7) is 2.32. The lowest BCUT2D eigenvalue weighted by molar-refractivity contribution is 0.0780. The number of nitrogens with zero attached hydrogens (tertiary/aromatic N) is 3. The van der Waals surface area contributed by atoms with Gasteiger partial charge in [-0.25, -0.2) is 0 Å². The Kier molecular flexibility index (Phi) is 6.08. The molecule has 1 aromatic heterocycles. The van der Waals surface area contributed by atoms with Gasteiger partial charge in [-0.05, 0) is 28.8 Å². The van der Waals surface area contributed by atoms with Crippen molar-refractivity contribution in [1.82, 2.24) is 15.0 Å². The summed E-state index contributed by atoms with van der Waals surface area (Å²) in [5.41, 5.74) is 3.80. The van der Waals surface area contributed by atoms with E-state index in [4.69, 9.17) is 9.26 Å². The molecular formula is C25H23N3O3. The number of hydrogen-bond acceptors (Lipinski definition) is 5. The average Bonchev–Trinajstić information content (AvgIpc) is 3.23. The van der Waals surface area contributed by atoms with Crippen molar-refractivity contribution < 1.29 is 14.1 Å². The lowest BCUT2D eigenvalue weighted by Crippen LogP contribution is -2.27. The third-order valence-electron chi connectivity index (χ3n) is 4.90. The number of hydrogen-bond donors (Lipinski definition) is 0. The molecular weight excluding hydrogens is 390 g/mol. The molecule has 0 unspecified atom stereocenters. The summed E-state index contributed by atoms with van der Waals surface area (Å²) in [7, 11) is 1.80. The molecule has 0 N–H and O–H groups in total. The van der Waals surface area contributed by atoms with Crippen LogP contribution in [0.3, 0.4) is 0 Å². The van der Waals surface area contributed by atoms with Gasteiger partial charge in [-0.1, -0.05) is 71.9 Å². The first-order valence-corrected chi connectivity index (χ1v) is 10.0. The molecule has 0 spiro atoms. The molecule has 0 fully saturated rings. The van der Waals surface area contributed by atoms with Gasteiger partial charge in [0.25, 0.3) is 5.91 Å². The SMILES string of the molecule is Cc1nc(COc2ccccc2C(=O)N(C)Cc2ccccc2-c2ccccc2)no1. The molecule has 0 radical (unpaired) electrons. The van der Waals surface area contributed by atoms with Gasteiger partial charge in [-0.15, -0.1) is 0 Å². The molecule has 0 bridgehead atoms. The van der Waals surface area contributed by atoms with Crippen LogP contribution in [0.1, 0.15) is 27.6 Å². The van der Waals surface area contributed by atoms with E-state index in [1.165, 1.54) is 0 Å². The van der Waals surface area contributed by atoms with Crippen LogP contribution in [0.2, 0.25) is 0 Å². The molecule has 0 atom stereocenters. The number of aryl methyl sites for hydroxylation is 1. The molecule has 156 valence electrons. The van der Waals surface area contributed by atoms with Crippen molar-refractivity contribution in [3.05, 3.63) is 102 Å². The van der Waals surface area contributed by atoms with E-state index < -0.39 is 0 Å². The Bertz CT molecular complexity index is 1170. The molecule has 3 aromatic carbocycles. The summed E-state index contributed by atoms with van der Waals surface area (Å²) in [6.07, 6.45) is 0. The Labute approximate surface area is 181 Å². The highest BCUT2D eigenvalue weighted by molar-refractivity contribution is 5.96. The summed E-state index contributed by atoms with van der Waals surface area (Å²) >= 11 is 0. The summed E-state index contributed by atoms with van der Waals surface area (Å²) in [5, 5.41) is 3.83. The topological polar surface area (TPSA) is 68.5 Å². The fourth-order valence-corrected chi connectivity index (χ4v) is 3.40. The van der Waals surface area contributed by atoms with E-state index >= 15 is 0 Å². The van der Waals surface area contributed by atoms with E-state index in [0.29, 0.717) is 29.6 Å². The Hall–Kier alpha value is -3.93. The van der Waals surface area contributed by atoms with Crippen molar-refractivity contribution in [2.75, 3.05) is 7.05 Å². The molecule has 0 aliphatic carbocycles. The summed E-state index contributed by atoms with van der Waals surface area (Å²) in [5.74, 6) is 1.27. The number of carbonyl (C=O) groups is 1. The lowest BCUT2D eigenvalue weighted by Gasteiger charge is -2.21. The molecule has 31 heavy (non-hydrogen) atoms. The van der Waals surface area contributed by atoms with Crippen molar-refractivity contribution in [3.8, 4) is 16.9 Å². The highest BCUT2D eigenvalue weighted by atomic mass is 16.5. The van der Waals surface area contributed by atoms with E-state index in [0.717, 1.165) is 16.7 Å². The van der Waals surface area contributed by atoms with Crippen LogP contribution in [0.15, 0.2) is 83.4 Å². The minimum Gasteiger partial charge on any atom is -0.485 e. The van der Waals surface area contributed by atoms with Crippen LogP contribution in [-0.4, -0.2) is 28.0 Å². The van der Waals surface area contributed by atoms with Gasteiger partial charge in [0.2, 0.25) is 11.7 Å². The minimum absolute atomic E-state index is 0.122. The molecule has 0 saturated heterocycles. The largest absolute Gasteiger partial charge is 0.485 e. The number of carbonyl (C=O) groups excluding carboxylic acids is 1. The standard InChI is InChI=1S/C25H23N3O3/c1-18-26-24(27-31-18)17-30-23-15-9-8-14-22(23)25(29)28(2)16-20-12-6-7-13-21(20)19-10-4-3-5-11-19/h3-15H,16-17H2,1-2H3. The van der Waals surface area contributed by atoms with Crippen LogP contribution in [0.5, 0.6) is 5.75 Å². The van der Waals surface area contributed by atoms with Crippen molar-refractivity contribution in [3.63, 3.8) is 0 Å². The quantitative estimate of drug-likeness (QED) is 0.431. The molecule has 4 aromatic rings. The molecule has 6 heteroatoms. The first-order valence-electron chi connectivity index (χ1n) is 10.0. The fraction of sp³-hybridized carbons (Fsp3) is 0.160. The second kappa shape index (κ2) is 9.26. The fourth-order valence-electron chi connectivity index (χ4n) is 3.40. The monoisotopic (exact) mass is 413 g/mol. The van der Waals surface area contributed by atoms with Crippen LogP contribution < -0.4 is 4.74 Å². The molecule has 0 aliphatic rings. The minimum atomic E-state index is -0.122. The van der Waals surface area contributed by atoms with Crippen molar-refractivity contribution in [1.29, 1.82) is 0 Å². The van der Waals surface area contributed by atoms with Crippen LogP contribution in [0.25, 0.3) is 11.1 Å². The van der Waals surface area contributed by atoms with Gasteiger partial charge in [0.05, 0.1) is 5.56 Å². The first kappa shape index (κ1) is 20.3. The Morgan fingerprint density at radius 2 is 1.68 bits per heavy atom. The number of benzene rings is 3. The number of amides is 1. The second-order valence-electron chi connectivity index (χ2n) is 7.20. The molecule has 4 rings (SSSR count). The number of aromatic nitrogens is 2. The molecule has 1 amide bonds. The van der Waals surface area contributed by atoms with Crippen LogP contribution in [0, 0.1) is 6.92 Å². The molecule has 0 saturated carbocycles. The third-order valence-corrected chi connectivity index (χ3v) is 4.90. The highest BCUT2D eigenvalue weighted by Crippen LogP contribution is 2.26. The summed E-state index contributed by atoms with van der Waals surface area (Å²) < 4.78 is 10.8.